The number of ether oxygens (including phenoxy) is 1. The number of carbonyl (C=O) groups is 4. The summed E-state index contributed by atoms with van der Waals surface area (Å²) in [5, 5.41) is 5.55. The van der Waals surface area contributed by atoms with Gasteiger partial charge in [0.1, 0.15) is 23.7 Å². The third kappa shape index (κ3) is 7.42. The van der Waals surface area contributed by atoms with E-state index in [1.807, 2.05) is 36.0 Å². The number of nitrogens with zero attached hydrogens (tertiary/aromatic N) is 4. The molecule has 5 atom stereocenters. The lowest BCUT2D eigenvalue weighted by Crippen LogP contribution is -2.50. The molecule has 2 aromatic carbocycles. The van der Waals surface area contributed by atoms with Crippen LogP contribution in [-0.4, -0.2) is 85.3 Å². The number of methoxy groups -OCH3 is 1. The van der Waals surface area contributed by atoms with E-state index in [2.05, 4.69) is 74.1 Å². The van der Waals surface area contributed by atoms with Crippen molar-refractivity contribution in [3.8, 4) is 33.6 Å². The third-order valence-corrected chi connectivity index (χ3v) is 10.9. The molecule has 4 aromatic rings. The number of aromatic amines is 2. The summed E-state index contributed by atoms with van der Waals surface area (Å²) < 4.78 is 4.76. The summed E-state index contributed by atoms with van der Waals surface area (Å²) in [6.45, 7) is 5.96. The first-order valence-electron chi connectivity index (χ1n) is 18.7. The molecule has 13 nitrogen and oxygen atoms in total. The van der Waals surface area contributed by atoms with Crippen molar-refractivity contribution in [3.63, 3.8) is 0 Å². The van der Waals surface area contributed by atoms with E-state index in [0.29, 0.717) is 13.0 Å². The molecule has 0 spiro atoms. The van der Waals surface area contributed by atoms with Gasteiger partial charge in [-0.25, -0.2) is 14.8 Å². The van der Waals surface area contributed by atoms with Crippen molar-refractivity contribution >= 4 is 23.8 Å². The first-order valence-corrected chi connectivity index (χ1v) is 18.7. The molecule has 7 rings (SSSR count). The number of hydrogen-bond donors (Lipinski definition) is 4. The van der Waals surface area contributed by atoms with E-state index < -0.39 is 18.2 Å². The first-order chi connectivity index (χ1) is 25.6. The van der Waals surface area contributed by atoms with Gasteiger partial charge in [-0.2, -0.15) is 0 Å². The molecule has 0 aliphatic carbocycles. The number of aromatic nitrogens is 4. The van der Waals surface area contributed by atoms with Crippen LogP contribution in [0.3, 0.4) is 0 Å². The van der Waals surface area contributed by atoms with Gasteiger partial charge in [0, 0.05) is 19.5 Å². The predicted octanol–water partition coefficient (Wildman–Crippen LogP) is 5.90. The van der Waals surface area contributed by atoms with Crippen LogP contribution in [0.1, 0.15) is 89.4 Å². The largest absolute Gasteiger partial charge is 0.453 e. The molecule has 13 heteroatoms. The number of nitrogens with one attached hydrogen (secondary N) is 4. The number of hydrogen-bond acceptors (Lipinski definition) is 7. The van der Waals surface area contributed by atoms with Crippen molar-refractivity contribution in [1.29, 1.82) is 0 Å². The van der Waals surface area contributed by atoms with Gasteiger partial charge in [-0.05, 0) is 73.1 Å². The predicted molar refractivity (Wildman–Crippen MR) is 199 cm³/mol. The van der Waals surface area contributed by atoms with Crippen LogP contribution in [0.15, 0.2) is 60.9 Å². The molecule has 3 aliphatic rings. The molecule has 0 bridgehead atoms. The fourth-order valence-corrected chi connectivity index (χ4v) is 8.18. The Hall–Kier alpha value is -5.46. The lowest BCUT2D eigenvalue weighted by molar-refractivity contribution is -0.138. The zero-order valence-corrected chi connectivity index (χ0v) is 30.7. The molecular weight excluding hydrogens is 672 g/mol. The molecule has 0 radical (unpaired) electrons. The van der Waals surface area contributed by atoms with Crippen molar-refractivity contribution < 1.29 is 23.9 Å². The monoisotopic (exact) mass is 720 g/mol. The topological polar surface area (TPSA) is 165 Å². The van der Waals surface area contributed by atoms with Crippen molar-refractivity contribution in [3.05, 3.63) is 72.6 Å². The molecular formula is C40H48N8O5. The van der Waals surface area contributed by atoms with Gasteiger partial charge in [0.05, 0.1) is 43.0 Å². The van der Waals surface area contributed by atoms with Gasteiger partial charge in [0.2, 0.25) is 17.7 Å². The summed E-state index contributed by atoms with van der Waals surface area (Å²) >= 11 is 0. The molecule has 3 aliphatic heterocycles. The second kappa shape index (κ2) is 15.3. The molecule has 4 amide bonds. The average molecular weight is 721 g/mol. The highest BCUT2D eigenvalue weighted by atomic mass is 16.5. The molecule has 5 heterocycles. The van der Waals surface area contributed by atoms with E-state index in [9.17, 15) is 19.2 Å². The van der Waals surface area contributed by atoms with E-state index in [0.717, 1.165) is 83.8 Å². The van der Waals surface area contributed by atoms with Crippen LogP contribution in [0, 0.1) is 5.92 Å². The summed E-state index contributed by atoms with van der Waals surface area (Å²) in [6, 6.07) is 15.3. The number of fused-ring (bicyclic) bond motifs is 1. The Kier molecular flexibility index (Phi) is 10.3. The zero-order chi connectivity index (χ0) is 37.2. The number of imidazole rings is 2. The SMILES string of the molecule is COC(=O)NC1CCCC2CCC(c3ncc(-c4ccc(-c5ccc(-c6cnc(C7CCCN7C(=O)C(NC(C)=O)C(C)C)[nH]6)cc5)cc4)[nH]3)N2C1=O. The van der Waals surface area contributed by atoms with E-state index in [-0.39, 0.29) is 41.8 Å². The standard InChI is InChI=1S/C40H48N8O5/c1-23(2)35(43-24(3)49)39(51)47-20-6-9-33(47)36-41-21-31(44-36)27-14-10-25(11-15-27)26-12-16-28(17-13-26)32-22-42-37(45-32)34-19-18-29-7-5-8-30(38(50)48(29)34)46-40(52)53-4/h10-17,21-23,29-30,33-35H,5-9,18-20H2,1-4H3,(H,41,44)(H,42,45)(H,43,49)(H,46,52). The Morgan fingerprint density at radius 2 is 1.38 bits per heavy atom. The van der Waals surface area contributed by atoms with Gasteiger partial charge < -0.3 is 35.1 Å². The van der Waals surface area contributed by atoms with E-state index in [1.165, 1.54) is 14.0 Å². The first kappa shape index (κ1) is 35.9. The minimum Gasteiger partial charge on any atom is -0.453 e. The van der Waals surface area contributed by atoms with Crippen LogP contribution in [0.4, 0.5) is 4.79 Å². The smallest absolute Gasteiger partial charge is 0.407 e. The highest BCUT2D eigenvalue weighted by molar-refractivity contribution is 5.88. The summed E-state index contributed by atoms with van der Waals surface area (Å²) in [5.74, 6) is 1.13. The maximum Gasteiger partial charge on any atom is 0.407 e. The van der Waals surface area contributed by atoms with Crippen molar-refractivity contribution in [1.82, 2.24) is 40.4 Å². The molecule has 5 unspecified atom stereocenters. The highest BCUT2D eigenvalue weighted by Crippen LogP contribution is 2.40. The van der Waals surface area contributed by atoms with Crippen LogP contribution < -0.4 is 10.6 Å². The highest BCUT2D eigenvalue weighted by Gasteiger charge is 2.43. The number of rotatable bonds is 9. The fraction of sp³-hybridized carbons (Fsp3) is 0.450. The minimum atomic E-state index is -0.596. The molecule has 53 heavy (non-hydrogen) atoms. The number of likely N-dealkylation sites (tertiary alicyclic amines) is 1. The van der Waals surface area contributed by atoms with Gasteiger partial charge in [0.25, 0.3) is 0 Å². The molecule has 0 saturated carbocycles. The Morgan fingerprint density at radius 1 is 0.792 bits per heavy atom. The Morgan fingerprint density at radius 3 is 1.94 bits per heavy atom. The second-order valence-electron chi connectivity index (χ2n) is 14.7. The Balaban J connectivity index is 1.01. The maximum absolute atomic E-state index is 13.6. The van der Waals surface area contributed by atoms with Crippen molar-refractivity contribution in [2.45, 2.75) is 95.9 Å². The van der Waals surface area contributed by atoms with Gasteiger partial charge in [-0.15, -0.1) is 0 Å². The Labute approximate surface area is 309 Å². The lowest BCUT2D eigenvalue weighted by Gasteiger charge is -2.30. The summed E-state index contributed by atoms with van der Waals surface area (Å²) in [7, 11) is 1.31. The van der Waals surface area contributed by atoms with Crippen LogP contribution >= 0.6 is 0 Å². The number of carbonyl (C=O) groups excluding carboxylic acids is 4. The molecule has 278 valence electrons. The number of H-pyrrole nitrogens is 2. The van der Waals surface area contributed by atoms with Gasteiger partial charge in [-0.1, -0.05) is 62.4 Å². The van der Waals surface area contributed by atoms with Crippen molar-refractivity contribution in [2.24, 2.45) is 5.92 Å². The van der Waals surface area contributed by atoms with E-state index in [1.54, 1.807) is 0 Å². The minimum absolute atomic E-state index is 0.0240. The van der Waals surface area contributed by atoms with Crippen LogP contribution in [0.2, 0.25) is 0 Å². The van der Waals surface area contributed by atoms with Gasteiger partial charge in [-0.3, -0.25) is 14.4 Å². The zero-order valence-electron chi connectivity index (χ0n) is 30.7. The summed E-state index contributed by atoms with van der Waals surface area (Å²) in [4.78, 5) is 70.8. The van der Waals surface area contributed by atoms with E-state index >= 15 is 0 Å². The molecule has 3 fully saturated rings. The lowest BCUT2D eigenvalue weighted by atomic mass is 10.0. The molecule has 4 N–H and O–H groups in total. The number of alkyl carbamates (subject to hydrolysis) is 1. The number of benzene rings is 2. The third-order valence-electron chi connectivity index (χ3n) is 10.9. The summed E-state index contributed by atoms with van der Waals surface area (Å²) in [5.41, 5.74) is 5.89. The van der Waals surface area contributed by atoms with Gasteiger partial charge in [0.15, 0.2) is 0 Å². The van der Waals surface area contributed by atoms with E-state index in [4.69, 9.17) is 9.72 Å². The van der Waals surface area contributed by atoms with Crippen LogP contribution in [0.25, 0.3) is 33.6 Å². The van der Waals surface area contributed by atoms with Crippen LogP contribution in [-0.2, 0) is 19.1 Å². The maximum atomic E-state index is 13.6. The average Bonchev–Trinajstić information content (AvgIpc) is 3.98. The second-order valence-corrected chi connectivity index (χ2v) is 14.7. The Bertz CT molecular complexity index is 1950. The van der Waals surface area contributed by atoms with Gasteiger partial charge >= 0.3 is 6.09 Å². The molecule has 3 saturated heterocycles. The summed E-state index contributed by atoms with van der Waals surface area (Å²) in [6.07, 6.45) is 8.84. The fourth-order valence-electron chi connectivity index (χ4n) is 8.18. The normalized spacial score (nSPS) is 22.0. The van der Waals surface area contributed by atoms with Crippen molar-refractivity contribution in [2.75, 3.05) is 13.7 Å². The quantitative estimate of drug-likeness (QED) is 0.167. The van der Waals surface area contributed by atoms with Crippen LogP contribution in [0.5, 0.6) is 0 Å². The molecule has 2 aromatic heterocycles. The number of amides is 4.